The Hall–Kier alpha value is -3.36. The molecule has 9 heteroatoms. The second-order valence-corrected chi connectivity index (χ2v) is 7.21. The van der Waals surface area contributed by atoms with Crippen LogP contribution in [0.15, 0.2) is 42.5 Å². The SMILES string of the molecule is O=C1CCCC(CNc2nnc(-c3ccc(C(F)(F)F)cc3O)c3ccccc23)N1. The van der Waals surface area contributed by atoms with Crippen LogP contribution in [0, 0.1) is 0 Å². The number of halogens is 3. The number of benzene rings is 2. The van der Waals surface area contributed by atoms with E-state index in [0.717, 1.165) is 18.9 Å². The Morgan fingerprint density at radius 2 is 1.90 bits per heavy atom. The maximum absolute atomic E-state index is 12.9. The fourth-order valence-corrected chi connectivity index (χ4v) is 3.60. The van der Waals surface area contributed by atoms with Gasteiger partial charge in [-0.15, -0.1) is 10.2 Å². The van der Waals surface area contributed by atoms with Gasteiger partial charge in [-0.05, 0) is 31.0 Å². The molecule has 1 unspecified atom stereocenters. The van der Waals surface area contributed by atoms with Crippen LogP contribution < -0.4 is 10.6 Å². The zero-order valence-corrected chi connectivity index (χ0v) is 15.8. The first kappa shape index (κ1) is 19.9. The van der Waals surface area contributed by atoms with Gasteiger partial charge in [0.1, 0.15) is 11.4 Å². The van der Waals surface area contributed by atoms with E-state index in [1.165, 1.54) is 6.07 Å². The molecular formula is C21H19F3N4O2. The highest BCUT2D eigenvalue weighted by atomic mass is 19.4. The Morgan fingerprint density at radius 1 is 1.13 bits per heavy atom. The van der Waals surface area contributed by atoms with E-state index in [4.69, 9.17) is 0 Å². The van der Waals surface area contributed by atoms with Gasteiger partial charge >= 0.3 is 6.18 Å². The van der Waals surface area contributed by atoms with E-state index in [2.05, 4.69) is 20.8 Å². The summed E-state index contributed by atoms with van der Waals surface area (Å²) in [5.41, 5.74) is -0.486. The Balaban J connectivity index is 1.67. The van der Waals surface area contributed by atoms with Crippen molar-refractivity contribution in [3.8, 4) is 17.0 Å². The molecule has 3 aromatic rings. The van der Waals surface area contributed by atoms with Crippen molar-refractivity contribution in [1.82, 2.24) is 15.5 Å². The van der Waals surface area contributed by atoms with Crippen molar-refractivity contribution in [3.05, 3.63) is 48.0 Å². The number of carbonyl (C=O) groups excluding carboxylic acids is 1. The zero-order valence-electron chi connectivity index (χ0n) is 15.8. The second kappa shape index (κ2) is 7.81. The molecule has 6 nitrogen and oxygen atoms in total. The lowest BCUT2D eigenvalue weighted by Gasteiger charge is -2.23. The van der Waals surface area contributed by atoms with E-state index < -0.39 is 17.5 Å². The molecule has 1 saturated heterocycles. The highest BCUT2D eigenvalue weighted by molar-refractivity contribution is 6.00. The topological polar surface area (TPSA) is 87.1 Å². The Labute approximate surface area is 170 Å². The van der Waals surface area contributed by atoms with E-state index in [1.807, 2.05) is 12.1 Å². The molecule has 0 spiro atoms. The summed E-state index contributed by atoms with van der Waals surface area (Å²) in [7, 11) is 0. The van der Waals surface area contributed by atoms with E-state index in [-0.39, 0.29) is 23.2 Å². The number of nitrogens with zero attached hydrogens (tertiary/aromatic N) is 2. The predicted molar refractivity (Wildman–Crippen MR) is 106 cm³/mol. The standard InChI is InChI=1S/C21H19F3N4O2/c22-21(23,24)12-8-9-16(17(29)10-12)19-14-5-1-2-6-15(14)20(28-27-19)25-11-13-4-3-7-18(30)26-13/h1-2,5-6,8-10,13,29H,3-4,7,11H2,(H,25,28)(H,26,30). The van der Waals surface area contributed by atoms with Gasteiger partial charge in [0.2, 0.25) is 5.91 Å². The number of aromatic hydroxyl groups is 1. The third kappa shape index (κ3) is 4.00. The molecule has 1 aromatic heterocycles. The largest absolute Gasteiger partial charge is 0.507 e. The lowest BCUT2D eigenvalue weighted by Crippen LogP contribution is -2.42. The summed E-state index contributed by atoms with van der Waals surface area (Å²) < 4.78 is 38.7. The van der Waals surface area contributed by atoms with Crippen molar-refractivity contribution in [2.45, 2.75) is 31.5 Å². The average molecular weight is 416 g/mol. The molecule has 4 rings (SSSR count). The van der Waals surface area contributed by atoms with Crippen molar-refractivity contribution < 1.29 is 23.1 Å². The molecule has 1 aliphatic heterocycles. The number of anilines is 1. The van der Waals surface area contributed by atoms with Gasteiger partial charge < -0.3 is 15.7 Å². The smallest absolute Gasteiger partial charge is 0.416 e. The molecular weight excluding hydrogens is 397 g/mol. The first-order valence-corrected chi connectivity index (χ1v) is 9.52. The number of hydrogen-bond acceptors (Lipinski definition) is 5. The van der Waals surface area contributed by atoms with Crippen LogP contribution in [-0.4, -0.2) is 33.8 Å². The predicted octanol–water partition coefficient (Wildman–Crippen LogP) is 4.10. The summed E-state index contributed by atoms with van der Waals surface area (Å²) >= 11 is 0. The second-order valence-electron chi connectivity index (χ2n) is 7.21. The summed E-state index contributed by atoms with van der Waals surface area (Å²) in [6.45, 7) is 0.481. The third-order valence-corrected chi connectivity index (χ3v) is 5.10. The number of carbonyl (C=O) groups is 1. The third-order valence-electron chi connectivity index (χ3n) is 5.10. The minimum atomic E-state index is -4.55. The minimum absolute atomic E-state index is 0.00885. The van der Waals surface area contributed by atoms with Gasteiger partial charge in [-0.1, -0.05) is 24.3 Å². The van der Waals surface area contributed by atoms with Crippen LogP contribution >= 0.6 is 0 Å². The van der Waals surface area contributed by atoms with E-state index in [0.29, 0.717) is 35.6 Å². The number of phenolic OH excluding ortho intramolecular Hbond substituents is 1. The lowest BCUT2D eigenvalue weighted by molar-refractivity contribution is -0.137. The maximum Gasteiger partial charge on any atom is 0.416 e. The molecule has 2 aromatic carbocycles. The van der Waals surface area contributed by atoms with Crippen molar-refractivity contribution in [3.63, 3.8) is 0 Å². The number of piperidine rings is 1. The van der Waals surface area contributed by atoms with Gasteiger partial charge in [-0.2, -0.15) is 13.2 Å². The Kier molecular flexibility index (Phi) is 5.19. The molecule has 0 bridgehead atoms. The zero-order chi connectivity index (χ0) is 21.3. The number of amides is 1. The number of alkyl halides is 3. The van der Waals surface area contributed by atoms with Crippen molar-refractivity contribution >= 4 is 22.5 Å². The van der Waals surface area contributed by atoms with Crippen molar-refractivity contribution in [2.24, 2.45) is 0 Å². The molecule has 1 amide bonds. The minimum Gasteiger partial charge on any atom is -0.507 e. The molecule has 1 fully saturated rings. The normalized spacial score (nSPS) is 17.0. The fraction of sp³-hybridized carbons (Fsp3) is 0.286. The van der Waals surface area contributed by atoms with Crippen LogP contribution in [-0.2, 0) is 11.0 Å². The van der Waals surface area contributed by atoms with Gasteiger partial charge in [0.05, 0.1) is 5.56 Å². The molecule has 2 heterocycles. The van der Waals surface area contributed by atoms with E-state index >= 15 is 0 Å². The summed E-state index contributed by atoms with van der Waals surface area (Å²) in [6, 6.07) is 9.95. The lowest BCUT2D eigenvalue weighted by atomic mass is 10.0. The summed E-state index contributed by atoms with van der Waals surface area (Å²) in [5, 5.41) is 26.0. The maximum atomic E-state index is 12.9. The van der Waals surface area contributed by atoms with E-state index in [9.17, 15) is 23.1 Å². The molecule has 0 radical (unpaired) electrons. The van der Waals surface area contributed by atoms with E-state index in [1.54, 1.807) is 12.1 Å². The van der Waals surface area contributed by atoms with Crippen molar-refractivity contribution in [2.75, 3.05) is 11.9 Å². The summed E-state index contributed by atoms with van der Waals surface area (Å²) in [4.78, 5) is 11.6. The fourth-order valence-electron chi connectivity index (χ4n) is 3.60. The van der Waals surface area contributed by atoms with Crippen LogP contribution in [0.4, 0.5) is 19.0 Å². The van der Waals surface area contributed by atoms with Gasteiger partial charge in [0.15, 0.2) is 5.82 Å². The number of phenols is 1. The number of hydrogen-bond donors (Lipinski definition) is 3. The van der Waals surface area contributed by atoms with Crippen LogP contribution in [0.25, 0.3) is 22.0 Å². The molecule has 156 valence electrons. The molecule has 1 aliphatic rings. The highest BCUT2D eigenvalue weighted by Crippen LogP contribution is 2.38. The number of aromatic nitrogens is 2. The van der Waals surface area contributed by atoms with Gasteiger partial charge in [0.25, 0.3) is 0 Å². The van der Waals surface area contributed by atoms with Crippen LogP contribution in [0.1, 0.15) is 24.8 Å². The monoisotopic (exact) mass is 416 g/mol. The first-order valence-electron chi connectivity index (χ1n) is 9.52. The summed E-state index contributed by atoms with van der Waals surface area (Å²) in [5.74, 6) is 0.00704. The van der Waals surface area contributed by atoms with Crippen molar-refractivity contribution in [1.29, 1.82) is 0 Å². The van der Waals surface area contributed by atoms with Gasteiger partial charge in [-0.3, -0.25) is 4.79 Å². The van der Waals surface area contributed by atoms with Crippen LogP contribution in [0.3, 0.4) is 0 Å². The molecule has 0 saturated carbocycles. The molecule has 3 N–H and O–H groups in total. The average Bonchev–Trinajstić information content (AvgIpc) is 2.71. The van der Waals surface area contributed by atoms with Gasteiger partial charge in [-0.25, -0.2) is 0 Å². The van der Waals surface area contributed by atoms with Crippen LogP contribution in [0.2, 0.25) is 0 Å². The first-order chi connectivity index (χ1) is 14.3. The number of rotatable bonds is 4. The molecule has 1 atom stereocenters. The number of nitrogens with one attached hydrogen (secondary N) is 2. The Bertz CT molecular complexity index is 1100. The van der Waals surface area contributed by atoms with Gasteiger partial charge in [0, 0.05) is 35.3 Å². The number of fused-ring (bicyclic) bond motifs is 1. The molecule has 0 aliphatic carbocycles. The van der Waals surface area contributed by atoms with Crippen LogP contribution in [0.5, 0.6) is 5.75 Å². The quantitative estimate of drug-likeness (QED) is 0.596. The molecule has 30 heavy (non-hydrogen) atoms. The highest BCUT2D eigenvalue weighted by Gasteiger charge is 2.31. The summed E-state index contributed by atoms with van der Waals surface area (Å²) in [6.07, 6.45) is -2.32. The Morgan fingerprint density at radius 3 is 2.60 bits per heavy atom.